The lowest BCUT2D eigenvalue weighted by Gasteiger charge is -2.41. The van der Waals surface area contributed by atoms with Crippen LogP contribution in [0.2, 0.25) is 0 Å². The molecule has 3 rings (SSSR count). The topological polar surface area (TPSA) is 87.9 Å². The summed E-state index contributed by atoms with van der Waals surface area (Å²) in [5, 5.41) is 3.82. The molecule has 2 heterocycles. The first-order chi connectivity index (χ1) is 13.3. The van der Waals surface area contributed by atoms with Crippen LogP contribution in [0.3, 0.4) is 0 Å². The van der Waals surface area contributed by atoms with Gasteiger partial charge >= 0.3 is 5.97 Å². The Bertz CT molecular complexity index is 845. The van der Waals surface area contributed by atoms with Gasteiger partial charge in [0.2, 0.25) is 17.2 Å². The number of ether oxygens (including phenoxy) is 3. The van der Waals surface area contributed by atoms with E-state index < -0.39 is 11.8 Å². The molecule has 1 aromatic carbocycles. The minimum atomic E-state index is -1.33. The number of ketones is 1. The predicted octanol–water partition coefficient (Wildman–Crippen LogP) is 3.52. The zero-order chi connectivity index (χ0) is 20.4. The van der Waals surface area contributed by atoms with Crippen LogP contribution in [0.1, 0.15) is 59.9 Å². The third-order valence-corrected chi connectivity index (χ3v) is 4.55. The van der Waals surface area contributed by atoms with Crippen LogP contribution in [0.25, 0.3) is 0 Å². The minimum Gasteiger partial charge on any atom is -0.461 e. The molecular weight excluding hydrogens is 362 g/mol. The van der Waals surface area contributed by atoms with E-state index in [9.17, 15) is 9.59 Å². The molecule has 1 aliphatic rings. The van der Waals surface area contributed by atoms with Gasteiger partial charge in [-0.25, -0.2) is 4.79 Å². The second-order valence-electron chi connectivity index (χ2n) is 7.73. The standard InChI is InChI=1S/C21H25NO6/c1-5-25-19(24)17-16(21(4)26-12-20(2,3)13-27-21)18(28-22-17)15(23)11-14-9-7-6-8-10-14/h6-10H,5,11-13H2,1-4H3. The van der Waals surface area contributed by atoms with Crippen molar-refractivity contribution >= 4 is 11.8 Å². The summed E-state index contributed by atoms with van der Waals surface area (Å²) in [5.41, 5.74) is 0.724. The van der Waals surface area contributed by atoms with Gasteiger partial charge in [0.15, 0.2) is 5.79 Å². The van der Waals surface area contributed by atoms with Gasteiger partial charge in [0, 0.05) is 11.8 Å². The molecular formula is C21H25NO6. The van der Waals surface area contributed by atoms with Crippen molar-refractivity contribution in [3.63, 3.8) is 0 Å². The number of Topliss-reactive ketones (excluding diaryl/α,β-unsaturated/α-hetero) is 1. The quantitative estimate of drug-likeness (QED) is 0.553. The third-order valence-electron chi connectivity index (χ3n) is 4.55. The Kier molecular flexibility index (Phi) is 5.67. The highest BCUT2D eigenvalue weighted by Crippen LogP contribution is 2.39. The van der Waals surface area contributed by atoms with Crippen LogP contribution in [0, 0.1) is 5.41 Å². The summed E-state index contributed by atoms with van der Waals surface area (Å²) in [6.45, 7) is 8.33. The fraction of sp³-hybridized carbons (Fsp3) is 0.476. The number of esters is 1. The molecule has 1 fully saturated rings. The van der Waals surface area contributed by atoms with Gasteiger partial charge in [0.05, 0.1) is 25.4 Å². The first-order valence-electron chi connectivity index (χ1n) is 9.28. The smallest absolute Gasteiger partial charge is 0.361 e. The molecule has 2 aromatic rings. The monoisotopic (exact) mass is 387 g/mol. The molecule has 0 spiro atoms. The summed E-state index contributed by atoms with van der Waals surface area (Å²) >= 11 is 0. The van der Waals surface area contributed by atoms with E-state index in [1.807, 2.05) is 44.2 Å². The third kappa shape index (κ3) is 4.15. The molecule has 7 heteroatoms. The fourth-order valence-corrected chi connectivity index (χ4v) is 3.00. The first kappa shape index (κ1) is 20.2. The van der Waals surface area contributed by atoms with Crippen LogP contribution in [0.5, 0.6) is 0 Å². The molecule has 1 saturated heterocycles. The van der Waals surface area contributed by atoms with Gasteiger partial charge in [-0.15, -0.1) is 0 Å². The number of rotatable bonds is 6. The van der Waals surface area contributed by atoms with Gasteiger partial charge in [0.1, 0.15) is 0 Å². The van der Waals surface area contributed by atoms with Crippen molar-refractivity contribution in [1.82, 2.24) is 5.16 Å². The number of hydrogen-bond donors (Lipinski definition) is 0. The molecule has 1 aromatic heterocycles. The Hall–Kier alpha value is -2.51. The molecule has 0 atom stereocenters. The van der Waals surface area contributed by atoms with Crippen LogP contribution in [-0.4, -0.2) is 36.7 Å². The first-order valence-corrected chi connectivity index (χ1v) is 9.28. The highest BCUT2D eigenvalue weighted by atomic mass is 16.7. The number of nitrogens with zero attached hydrogens (tertiary/aromatic N) is 1. The summed E-state index contributed by atoms with van der Waals surface area (Å²) < 4.78 is 22.3. The van der Waals surface area contributed by atoms with E-state index in [-0.39, 0.29) is 41.2 Å². The molecule has 0 N–H and O–H groups in total. The van der Waals surface area contributed by atoms with E-state index in [4.69, 9.17) is 18.7 Å². The zero-order valence-electron chi connectivity index (χ0n) is 16.6. The van der Waals surface area contributed by atoms with Crippen molar-refractivity contribution in [3.05, 3.63) is 52.9 Å². The van der Waals surface area contributed by atoms with E-state index in [0.29, 0.717) is 13.2 Å². The number of hydrogen-bond acceptors (Lipinski definition) is 7. The second-order valence-corrected chi connectivity index (χ2v) is 7.73. The van der Waals surface area contributed by atoms with Crippen molar-refractivity contribution in [1.29, 1.82) is 0 Å². The van der Waals surface area contributed by atoms with E-state index in [1.165, 1.54) is 0 Å². The van der Waals surface area contributed by atoms with Crippen molar-refractivity contribution < 1.29 is 28.3 Å². The number of carbonyl (C=O) groups is 2. The minimum absolute atomic E-state index is 0.0471. The van der Waals surface area contributed by atoms with Crippen LogP contribution in [-0.2, 0) is 26.4 Å². The normalized spacial score (nSPS) is 17.9. The predicted molar refractivity (Wildman–Crippen MR) is 100.0 cm³/mol. The highest BCUT2D eigenvalue weighted by molar-refractivity contribution is 6.00. The van der Waals surface area contributed by atoms with Crippen molar-refractivity contribution in [3.8, 4) is 0 Å². The summed E-state index contributed by atoms with van der Waals surface area (Å²) in [4.78, 5) is 25.3. The molecule has 0 unspecified atom stereocenters. The number of benzene rings is 1. The Morgan fingerprint density at radius 1 is 1.11 bits per heavy atom. The van der Waals surface area contributed by atoms with Gasteiger partial charge in [0.25, 0.3) is 0 Å². The lowest BCUT2D eigenvalue weighted by molar-refractivity contribution is -0.298. The van der Waals surface area contributed by atoms with Crippen molar-refractivity contribution in [2.75, 3.05) is 19.8 Å². The molecule has 0 aliphatic carbocycles. The van der Waals surface area contributed by atoms with Crippen LogP contribution >= 0.6 is 0 Å². The molecule has 1 aliphatic heterocycles. The average Bonchev–Trinajstić information content (AvgIpc) is 3.12. The molecule has 28 heavy (non-hydrogen) atoms. The van der Waals surface area contributed by atoms with Crippen molar-refractivity contribution in [2.45, 2.75) is 39.9 Å². The molecule has 0 bridgehead atoms. The maximum absolute atomic E-state index is 12.9. The summed E-state index contributed by atoms with van der Waals surface area (Å²) in [7, 11) is 0. The Balaban J connectivity index is 1.99. The number of carbonyl (C=O) groups excluding carboxylic acids is 2. The Labute approximate surface area is 163 Å². The lowest BCUT2D eigenvalue weighted by atomic mass is 9.92. The lowest BCUT2D eigenvalue weighted by Crippen LogP contribution is -2.45. The largest absolute Gasteiger partial charge is 0.461 e. The van der Waals surface area contributed by atoms with E-state index in [1.54, 1.807) is 13.8 Å². The van der Waals surface area contributed by atoms with Crippen LogP contribution < -0.4 is 0 Å². The zero-order valence-corrected chi connectivity index (χ0v) is 16.6. The molecule has 0 amide bonds. The van der Waals surface area contributed by atoms with Gasteiger partial charge in [-0.3, -0.25) is 4.79 Å². The van der Waals surface area contributed by atoms with E-state index >= 15 is 0 Å². The van der Waals surface area contributed by atoms with Gasteiger partial charge in [-0.1, -0.05) is 49.3 Å². The SMILES string of the molecule is CCOC(=O)c1noc(C(=O)Cc2ccccc2)c1C1(C)OCC(C)(C)CO1. The highest BCUT2D eigenvalue weighted by Gasteiger charge is 2.46. The van der Waals surface area contributed by atoms with Crippen LogP contribution in [0.15, 0.2) is 34.9 Å². The average molecular weight is 387 g/mol. The second kappa shape index (κ2) is 7.85. The van der Waals surface area contributed by atoms with Crippen molar-refractivity contribution in [2.24, 2.45) is 5.41 Å². The molecule has 0 radical (unpaired) electrons. The molecule has 7 nitrogen and oxygen atoms in total. The van der Waals surface area contributed by atoms with Gasteiger partial charge in [-0.05, 0) is 19.4 Å². The number of aromatic nitrogens is 1. The molecule has 0 saturated carbocycles. The maximum atomic E-state index is 12.9. The van der Waals surface area contributed by atoms with E-state index in [2.05, 4.69) is 5.16 Å². The van der Waals surface area contributed by atoms with E-state index in [0.717, 1.165) is 5.56 Å². The Morgan fingerprint density at radius 3 is 2.36 bits per heavy atom. The summed E-state index contributed by atoms with van der Waals surface area (Å²) in [6, 6.07) is 9.27. The van der Waals surface area contributed by atoms with Gasteiger partial charge in [-0.2, -0.15) is 0 Å². The fourth-order valence-electron chi connectivity index (χ4n) is 3.00. The maximum Gasteiger partial charge on any atom is 0.361 e. The van der Waals surface area contributed by atoms with Crippen LogP contribution in [0.4, 0.5) is 0 Å². The summed E-state index contributed by atoms with van der Waals surface area (Å²) in [6.07, 6.45) is 0.104. The molecule has 150 valence electrons. The summed E-state index contributed by atoms with van der Waals surface area (Å²) in [5.74, 6) is -2.38. The Morgan fingerprint density at radius 2 is 1.75 bits per heavy atom. The van der Waals surface area contributed by atoms with Gasteiger partial charge < -0.3 is 18.7 Å².